The van der Waals surface area contributed by atoms with Crippen molar-refractivity contribution < 1.29 is 0 Å². The largest absolute Gasteiger partial charge is 0.292 e. The van der Waals surface area contributed by atoms with Gasteiger partial charge < -0.3 is 0 Å². The Morgan fingerprint density at radius 2 is 1.08 bits per heavy atom. The fourth-order valence-corrected chi connectivity index (χ4v) is 5.92. The second-order valence-electron chi connectivity index (χ2n) is 7.71. The minimum atomic E-state index is 0.789. The molecule has 0 bridgehead atoms. The molecule has 0 aromatic heterocycles. The van der Waals surface area contributed by atoms with E-state index in [0.717, 1.165) is 25.2 Å². The zero-order valence-electron chi connectivity index (χ0n) is 15.7. The molecule has 2 saturated heterocycles. The van der Waals surface area contributed by atoms with Crippen molar-refractivity contribution in [1.29, 1.82) is 0 Å². The summed E-state index contributed by atoms with van der Waals surface area (Å²) in [6.45, 7) is 9.07. The summed E-state index contributed by atoms with van der Waals surface area (Å²) < 4.78 is 0. The fourth-order valence-electron chi connectivity index (χ4n) is 3.26. The predicted octanol–water partition coefficient (Wildman–Crippen LogP) is 4.75. The van der Waals surface area contributed by atoms with E-state index < -0.39 is 0 Å². The van der Waals surface area contributed by atoms with Crippen LogP contribution in [0.3, 0.4) is 0 Å². The van der Waals surface area contributed by atoms with Crippen LogP contribution < -0.4 is 0 Å². The summed E-state index contributed by atoms with van der Waals surface area (Å²) in [5.74, 6) is 2.53. The maximum Gasteiger partial charge on any atom is 0.0326 e. The molecule has 4 atom stereocenters. The van der Waals surface area contributed by atoms with Gasteiger partial charge in [-0.2, -0.15) is 0 Å². The van der Waals surface area contributed by atoms with Gasteiger partial charge in [-0.15, -0.1) is 0 Å². The van der Waals surface area contributed by atoms with E-state index in [0.29, 0.717) is 0 Å². The first-order chi connectivity index (χ1) is 12.7. The van der Waals surface area contributed by atoms with Crippen LogP contribution in [0, 0.1) is 13.8 Å². The highest BCUT2D eigenvalue weighted by atomic mass is 33.1. The van der Waals surface area contributed by atoms with Crippen LogP contribution >= 0.6 is 21.6 Å². The van der Waals surface area contributed by atoms with Crippen molar-refractivity contribution in [2.24, 2.45) is 0 Å². The molecule has 2 aliphatic heterocycles. The molecule has 0 amide bonds. The zero-order chi connectivity index (χ0) is 17.9. The van der Waals surface area contributed by atoms with E-state index in [1.54, 1.807) is 0 Å². The molecule has 138 valence electrons. The normalized spacial score (nSPS) is 26.7. The van der Waals surface area contributed by atoms with Gasteiger partial charge in [-0.1, -0.05) is 81.2 Å². The minimum absolute atomic E-state index is 0.789. The molecule has 0 aliphatic carbocycles. The highest BCUT2D eigenvalue weighted by Gasteiger charge is 2.35. The number of hydrogen-bond acceptors (Lipinski definition) is 4. The Balaban J connectivity index is 1.07. The van der Waals surface area contributed by atoms with E-state index in [-0.39, 0.29) is 0 Å². The smallest absolute Gasteiger partial charge is 0.0326 e. The van der Waals surface area contributed by atoms with E-state index in [2.05, 4.69) is 93.8 Å². The van der Waals surface area contributed by atoms with E-state index in [9.17, 15) is 0 Å². The van der Waals surface area contributed by atoms with Crippen LogP contribution in [-0.4, -0.2) is 46.5 Å². The number of rotatable bonds is 9. The van der Waals surface area contributed by atoms with Crippen molar-refractivity contribution in [1.82, 2.24) is 9.80 Å². The molecule has 0 spiro atoms. The molecule has 0 N–H and O–H groups in total. The van der Waals surface area contributed by atoms with Crippen LogP contribution in [0.2, 0.25) is 0 Å². The summed E-state index contributed by atoms with van der Waals surface area (Å²) in [6.07, 6.45) is 0. The third-order valence-corrected chi connectivity index (χ3v) is 7.80. The van der Waals surface area contributed by atoms with Gasteiger partial charge in [0.25, 0.3) is 0 Å². The number of nitrogens with zero attached hydrogens (tertiary/aromatic N) is 2. The van der Waals surface area contributed by atoms with Gasteiger partial charge in [0.05, 0.1) is 0 Å². The van der Waals surface area contributed by atoms with E-state index in [4.69, 9.17) is 0 Å². The van der Waals surface area contributed by atoms with Crippen LogP contribution in [0.15, 0.2) is 48.5 Å². The number of hydrogen-bond donors (Lipinski definition) is 0. The van der Waals surface area contributed by atoms with E-state index in [1.807, 2.05) is 0 Å². The van der Waals surface area contributed by atoms with Crippen molar-refractivity contribution in [3.8, 4) is 0 Å². The molecule has 4 rings (SSSR count). The van der Waals surface area contributed by atoms with E-state index in [1.165, 1.54) is 46.8 Å². The van der Waals surface area contributed by atoms with Crippen LogP contribution in [0.4, 0.5) is 0 Å². The predicted molar refractivity (Wildman–Crippen MR) is 116 cm³/mol. The second-order valence-corrected chi connectivity index (χ2v) is 10.3. The maximum atomic E-state index is 2.58. The maximum absolute atomic E-state index is 2.58. The summed E-state index contributed by atoms with van der Waals surface area (Å²) in [7, 11) is 4.14. The minimum Gasteiger partial charge on any atom is -0.292 e. The Hall–Kier alpha value is -0.940. The molecule has 4 heteroatoms. The van der Waals surface area contributed by atoms with Crippen LogP contribution in [0.1, 0.15) is 22.3 Å². The lowest BCUT2D eigenvalue weighted by Gasteiger charge is -2.06. The van der Waals surface area contributed by atoms with Crippen molar-refractivity contribution >= 4 is 21.6 Å². The quantitative estimate of drug-likeness (QED) is 0.349. The molecule has 2 aromatic carbocycles. The molecule has 0 radical (unpaired) electrons. The second kappa shape index (κ2) is 8.39. The Bertz CT molecular complexity index is 650. The van der Waals surface area contributed by atoms with Gasteiger partial charge in [0.2, 0.25) is 0 Å². The van der Waals surface area contributed by atoms with E-state index >= 15 is 0 Å². The van der Waals surface area contributed by atoms with Crippen LogP contribution in [0.5, 0.6) is 0 Å². The third-order valence-electron chi connectivity index (χ3n) is 5.27. The first kappa shape index (κ1) is 18.4. The molecular formula is C22H28N2S2. The fraction of sp³-hybridized carbons (Fsp3) is 0.455. The van der Waals surface area contributed by atoms with Gasteiger partial charge in [0, 0.05) is 49.8 Å². The van der Waals surface area contributed by atoms with Gasteiger partial charge in [-0.25, -0.2) is 0 Å². The Morgan fingerprint density at radius 1 is 0.692 bits per heavy atom. The lowest BCUT2D eigenvalue weighted by Crippen LogP contribution is -2.05. The Kier molecular flexibility index (Phi) is 5.94. The molecule has 2 heterocycles. The SMILES string of the molecule is Cc1ccc(CN2C[C@@H]2CSSC[C@H]2CN2Cc2ccc(C)cc2)cc1. The first-order valence-electron chi connectivity index (χ1n) is 9.51. The summed E-state index contributed by atoms with van der Waals surface area (Å²) >= 11 is 0. The monoisotopic (exact) mass is 384 g/mol. The summed E-state index contributed by atoms with van der Waals surface area (Å²) in [6, 6.07) is 19.5. The van der Waals surface area contributed by atoms with Gasteiger partial charge in [-0.3, -0.25) is 9.80 Å². The van der Waals surface area contributed by atoms with Crippen molar-refractivity contribution in [3.05, 3.63) is 70.8 Å². The van der Waals surface area contributed by atoms with Crippen molar-refractivity contribution in [2.45, 2.75) is 39.0 Å². The van der Waals surface area contributed by atoms with Gasteiger partial charge in [0.1, 0.15) is 0 Å². The standard InChI is InChI=1S/C22H28N2S2/c1-17-3-7-19(8-4-17)11-23-13-21(23)15-25-26-16-22-14-24(22)12-20-9-5-18(2)6-10-20/h3-10,21-22H,11-16H2,1-2H3/t21-,22-,23?,24?/m1/s1. The average molecular weight is 385 g/mol. The highest BCUT2D eigenvalue weighted by molar-refractivity contribution is 8.76. The molecule has 2 aromatic rings. The molecule has 2 aliphatic rings. The molecule has 0 saturated carbocycles. The van der Waals surface area contributed by atoms with Gasteiger partial charge >= 0.3 is 0 Å². The van der Waals surface area contributed by atoms with Gasteiger partial charge in [-0.05, 0) is 25.0 Å². The average Bonchev–Trinajstić information content (AvgIpc) is 3.54. The van der Waals surface area contributed by atoms with Crippen LogP contribution in [0.25, 0.3) is 0 Å². The Labute approximate surface area is 165 Å². The molecule has 2 unspecified atom stereocenters. The first-order valence-corrected chi connectivity index (χ1v) is 12.0. The number of aryl methyl sites for hydroxylation is 2. The summed E-state index contributed by atoms with van der Waals surface area (Å²) in [4.78, 5) is 5.16. The van der Waals surface area contributed by atoms with Crippen LogP contribution in [-0.2, 0) is 13.1 Å². The van der Waals surface area contributed by atoms with Gasteiger partial charge in [0.15, 0.2) is 0 Å². The summed E-state index contributed by atoms with van der Waals surface area (Å²) in [5.41, 5.74) is 5.58. The lowest BCUT2D eigenvalue weighted by molar-refractivity contribution is 0.517. The number of benzene rings is 2. The van der Waals surface area contributed by atoms with Crippen molar-refractivity contribution in [3.63, 3.8) is 0 Å². The lowest BCUT2D eigenvalue weighted by atomic mass is 10.1. The highest BCUT2D eigenvalue weighted by Crippen LogP contribution is 2.34. The topological polar surface area (TPSA) is 6.02 Å². The van der Waals surface area contributed by atoms with Crippen molar-refractivity contribution in [2.75, 3.05) is 24.6 Å². The molecule has 26 heavy (non-hydrogen) atoms. The zero-order valence-corrected chi connectivity index (χ0v) is 17.4. The molecular weight excluding hydrogens is 356 g/mol. The Morgan fingerprint density at radius 3 is 1.46 bits per heavy atom. The third kappa shape index (κ3) is 5.29. The molecule has 2 nitrogen and oxygen atoms in total. The summed E-state index contributed by atoms with van der Waals surface area (Å²) in [5, 5.41) is 0. The molecule has 2 fully saturated rings.